The van der Waals surface area contributed by atoms with E-state index >= 15 is 0 Å². The number of rotatable bonds is 5. The van der Waals surface area contributed by atoms with Crippen molar-refractivity contribution in [3.05, 3.63) is 65.7 Å². The summed E-state index contributed by atoms with van der Waals surface area (Å²) in [5.41, 5.74) is 2.63. The third kappa shape index (κ3) is 4.17. The van der Waals surface area contributed by atoms with Crippen molar-refractivity contribution in [2.24, 2.45) is 0 Å². The van der Waals surface area contributed by atoms with E-state index in [1.807, 2.05) is 37.3 Å². The number of carbonyl (C=O) groups is 1. The molecule has 1 amide bonds. The number of hydrogen-bond acceptors (Lipinski definition) is 7. The minimum atomic E-state index is -0.278. The van der Waals surface area contributed by atoms with E-state index in [2.05, 4.69) is 25.6 Å². The van der Waals surface area contributed by atoms with Crippen molar-refractivity contribution in [2.75, 3.05) is 18.5 Å². The highest BCUT2D eigenvalue weighted by molar-refractivity contribution is 5.92. The summed E-state index contributed by atoms with van der Waals surface area (Å²) in [7, 11) is 0. The van der Waals surface area contributed by atoms with Crippen molar-refractivity contribution in [1.29, 1.82) is 0 Å². The highest BCUT2D eigenvalue weighted by Gasteiger charge is 2.14. The van der Waals surface area contributed by atoms with E-state index in [9.17, 15) is 4.79 Å². The SMILES string of the molecule is Cc1cc(C(=O)NCc2cccnc2)nc(Nc2ccc3c(c2)OCCO3)n1. The summed E-state index contributed by atoms with van der Waals surface area (Å²) < 4.78 is 11.1. The number of hydrogen-bond donors (Lipinski definition) is 2. The van der Waals surface area contributed by atoms with Crippen LogP contribution in [0.15, 0.2) is 48.8 Å². The van der Waals surface area contributed by atoms with Gasteiger partial charge in [0.05, 0.1) is 0 Å². The molecule has 0 unspecified atom stereocenters. The minimum Gasteiger partial charge on any atom is -0.486 e. The average Bonchev–Trinajstić information content (AvgIpc) is 2.72. The fourth-order valence-corrected chi connectivity index (χ4v) is 2.77. The third-order valence-corrected chi connectivity index (χ3v) is 4.06. The number of fused-ring (bicyclic) bond motifs is 1. The molecule has 1 aromatic carbocycles. The Balaban J connectivity index is 1.48. The van der Waals surface area contributed by atoms with E-state index in [1.165, 1.54) is 0 Å². The zero-order valence-corrected chi connectivity index (χ0v) is 15.3. The van der Waals surface area contributed by atoms with Gasteiger partial charge in [0.2, 0.25) is 5.95 Å². The number of ether oxygens (including phenoxy) is 2. The van der Waals surface area contributed by atoms with Gasteiger partial charge in [-0.1, -0.05) is 6.07 Å². The van der Waals surface area contributed by atoms with Gasteiger partial charge in [-0.25, -0.2) is 9.97 Å². The lowest BCUT2D eigenvalue weighted by Gasteiger charge is -2.19. The monoisotopic (exact) mass is 377 g/mol. The zero-order chi connectivity index (χ0) is 19.3. The first kappa shape index (κ1) is 17.7. The Labute approximate surface area is 162 Å². The summed E-state index contributed by atoms with van der Waals surface area (Å²) in [4.78, 5) is 25.2. The summed E-state index contributed by atoms with van der Waals surface area (Å²) in [6.07, 6.45) is 3.40. The van der Waals surface area contributed by atoms with Crippen LogP contribution in [0.1, 0.15) is 21.7 Å². The molecule has 3 aromatic rings. The van der Waals surface area contributed by atoms with Crippen LogP contribution in [0.2, 0.25) is 0 Å². The molecule has 8 nitrogen and oxygen atoms in total. The average molecular weight is 377 g/mol. The molecule has 0 atom stereocenters. The van der Waals surface area contributed by atoms with E-state index in [0.717, 1.165) is 11.3 Å². The molecule has 4 rings (SSSR count). The maximum absolute atomic E-state index is 12.5. The molecular formula is C20H19N5O3. The van der Waals surface area contributed by atoms with Gasteiger partial charge in [-0.05, 0) is 36.8 Å². The minimum absolute atomic E-state index is 0.278. The van der Waals surface area contributed by atoms with Gasteiger partial charge in [0.1, 0.15) is 18.9 Å². The van der Waals surface area contributed by atoms with Gasteiger partial charge < -0.3 is 20.1 Å². The molecule has 0 fully saturated rings. The number of aryl methyl sites for hydroxylation is 1. The predicted molar refractivity (Wildman–Crippen MR) is 103 cm³/mol. The summed E-state index contributed by atoms with van der Waals surface area (Å²) in [5, 5.41) is 5.96. The number of amides is 1. The number of nitrogens with zero attached hydrogens (tertiary/aromatic N) is 3. The molecule has 1 aliphatic heterocycles. The fraction of sp³-hybridized carbons (Fsp3) is 0.200. The molecule has 28 heavy (non-hydrogen) atoms. The van der Waals surface area contributed by atoms with Crippen molar-refractivity contribution in [1.82, 2.24) is 20.3 Å². The first-order valence-electron chi connectivity index (χ1n) is 8.87. The van der Waals surface area contributed by atoms with Crippen LogP contribution >= 0.6 is 0 Å². The number of benzene rings is 1. The largest absolute Gasteiger partial charge is 0.486 e. The fourth-order valence-electron chi connectivity index (χ4n) is 2.77. The van der Waals surface area contributed by atoms with Crippen LogP contribution in [0.4, 0.5) is 11.6 Å². The van der Waals surface area contributed by atoms with Crippen molar-refractivity contribution < 1.29 is 14.3 Å². The van der Waals surface area contributed by atoms with Gasteiger partial charge in [-0.2, -0.15) is 0 Å². The highest BCUT2D eigenvalue weighted by Crippen LogP contribution is 2.33. The Morgan fingerprint density at radius 1 is 1.11 bits per heavy atom. The molecule has 0 spiro atoms. The molecule has 3 heterocycles. The van der Waals surface area contributed by atoms with Gasteiger partial charge in [-0.15, -0.1) is 0 Å². The van der Waals surface area contributed by atoms with E-state index in [-0.39, 0.29) is 11.6 Å². The van der Waals surface area contributed by atoms with Gasteiger partial charge in [-0.3, -0.25) is 9.78 Å². The molecule has 2 N–H and O–H groups in total. The van der Waals surface area contributed by atoms with Gasteiger partial charge in [0.15, 0.2) is 11.5 Å². The zero-order valence-electron chi connectivity index (χ0n) is 15.3. The van der Waals surface area contributed by atoms with E-state index in [0.29, 0.717) is 42.9 Å². The second-order valence-corrected chi connectivity index (χ2v) is 6.25. The van der Waals surface area contributed by atoms with Crippen LogP contribution in [0.5, 0.6) is 11.5 Å². The number of aromatic nitrogens is 3. The summed E-state index contributed by atoms with van der Waals surface area (Å²) in [6.45, 7) is 3.24. The third-order valence-electron chi connectivity index (χ3n) is 4.06. The molecule has 142 valence electrons. The van der Waals surface area contributed by atoms with Gasteiger partial charge in [0.25, 0.3) is 5.91 Å². The number of nitrogens with one attached hydrogen (secondary N) is 2. The molecule has 2 aromatic heterocycles. The summed E-state index contributed by atoms with van der Waals surface area (Å²) >= 11 is 0. The summed E-state index contributed by atoms with van der Waals surface area (Å²) in [5.74, 6) is 1.43. The first-order chi connectivity index (χ1) is 13.7. The maximum atomic E-state index is 12.5. The summed E-state index contributed by atoms with van der Waals surface area (Å²) in [6, 6.07) is 10.9. The van der Waals surface area contributed by atoms with Crippen molar-refractivity contribution in [3.63, 3.8) is 0 Å². The predicted octanol–water partition coefficient (Wildman–Crippen LogP) is 2.62. The molecule has 0 saturated carbocycles. The van der Waals surface area contributed by atoms with Crippen molar-refractivity contribution >= 4 is 17.5 Å². The molecular weight excluding hydrogens is 358 g/mol. The second kappa shape index (κ2) is 7.91. The number of carbonyl (C=O) groups excluding carboxylic acids is 1. The van der Waals surface area contributed by atoms with Crippen LogP contribution < -0.4 is 20.1 Å². The molecule has 0 saturated heterocycles. The standard InChI is InChI=1S/C20H19N5O3/c1-13-9-16(19(26)22-12-14-3-2-6-21-11-14)25-20(23-13)24-15-4-5-17-18(10-15)28-8-7-27-17/h2-6,9-11H,7-8,12H2,1H3,(H,22,26)(H,23,24,25). The van der Waals surface area contributed by atoms with Gasteiger partial charge >= 0.3 is 0 Å². The highest BCUT2D eigenvalue weighted by atomic mass is 16.6. The quantitative estimate of drug-likeness (QED) is 0.705. The topological polar surface area (TPSA) is 98.3 Å². The van der Waals surface area contributed by atoms with Crippen molar-refractivity contribution in [2.45, 2.75) is 13.5 Å². The first-order valence-corrected chi connectivity index (χ1v) is 8.87. The van der Waals surface area contributed by atoms with E-state index in [4.69, 9.17) is 9.47 Å². The normalized spacial score (nSPS) is 12.3. The Kier molecular flexibility index (Phi) is 5.01. The van der Waals surface area contributed by atoms with E-state index in [1.54, 1.807) is 18.5 Å². The molecule has 1 aliphatic rings. The van der Waals surface area contributed by atoms with Crippen LogP contribution in [-0.2, 0) is 6.54 Å². The Hall–Kier alpha value is -3.68. The Bertz CT molecular complexity index is 994. The molecule has 0 aliphatic carbocycles. The lowest BCUT2D eigenvalue weighted by molar-refractivity contribution is 0.0945. The van der Waals surface area contributed by atoms with E-state index < -0.39 is 0 Å². The van der Waals surface area contributed by atoms with Crippen LogP contribution in [0.25, 0.3) is 0 Å². The Morgan fingerprint density at radius 2 is 1.96 bits per heavy atom. The lowest BCUT2D eigenvalue weighted by Crippen LogP contribution is -2.24. The molecule has 8 heteroatoms. The molecule has 0 radical (unpaired) electrons. The lowest BCUT2D eigenvalue weighted by atomic mass is 10.2. The van der Waals surface area contributed by atoms with Crippen molar-refractivity contribution in [3.8, 4) is 11.5 Å². The number of anilines is 2. The smallest absolute Gasteiger partial charge is 0.270 e. The molecule has 0 bridgehead atoms. The van der Waals surface area contributed by atoms with Gasteiger partial charge in [0, 0.05) is 36.4 Å². The van der Waals surface area contributed by atoms with Crippen LogP contribution in [-0.4, -0.2) is 34.1 Å². The van der Waals surface area contributed by atoms with Crippen LogP contribution in [0.3, 0.4) is 0 Å². The Morgan fingerprint density at radius 3 is 2.79 bits per heavy atom. The number of pyridine rings is 1. The maximum Gasteiger partial charge on any atom is 0.270 e. The second-order valence-electron chi connectivity index (χ2n) is 6.25. The van der Waals surface area contributed by atoms with Crippen LogP contribution in [0, 0.1) is 6.92 Å².